The van der Waals surface area contributed by atoms with Crippen molar-refractivity contribution in [1.82, 2.24) is 9.88 Å². The first kappa shape index (κ1) is 12.3. The molecule has 0 fully saturated rings. The third-order valence-electron chi connectivity index (χ3n) is 3.75. The van der Waals surface area contributed by atoms with Crippen LogP contribution in [0.5, 0.6) is 5.75 Å². The summed E-state index contributed by atoms with van der Waals surface area (Å²) in [6.07, 6.45) is 3.17. The van der Waals surface area contributed by atoms with Crippen LogP contribution in [0.2, 0.25) is 0 Å². The molecule has 0 bridgehead atoms. The third-order valence-corrected chi connectivity index (χ3v) is 3.75. The Morgan fingerprint density at radius 1 is 1.26 bits per heavy atom. The summed E-state index contributed by atoms with van der Waals surface area (Å²) in [7, 11) is 0. The van der Waals surface area contributed by atoms with Gasteiger partial charge in [-0.25, -0.2) is 0 Å². The SMILES string of the molecule is CCn1cccc1CNC1CCOc2ccccc21. The topological polar surface area (TPSA) is 26.2 Å². The smallest absolute Gasteiger partial charge is 0.124 e. The number of nitrogens with zero attached hydrogens (tertiary/aromatic N) is 1. The lowest BCUT2D eigenvalue weighted by molar-refractivity contribution is 0.251. The van der Waals surface area contributed by atoms with Crippen molar-refractivity contribution in [3.63, 3.8) is 0 Å². The van der Waals surface area contributed by atoms with Gasteiger partial charge in [0.25, 0.3) is 0 Å². The Balaban J connectivity index is 1.71. The van der Waals surface area contributed by atoms with Crippen molar-refractivity contribution in [2.24, 2.45) is 0 Å². The Morgan fingerprint density at radius 3 is 3.05 bits per heavy atom. The van der Waals surface area contributed by atoms with Gasteiger partial charge >= 0.3 is 0 Å². The first-order valence-corrected chi connectivity index (χ1v) is 6.97. The van der Waals surface area contributed by atoms with Gasteiger partial charge in [-0.15, -0.1) is 0 Å². The Hall–Kier alpha value is -1.74. The van der Waals surface area contributed by atoms with Crippen molar-refractivity contribution in [2.75, 3.05) is 6.61 Å². The quantitative estimate of drug-likeness (QED) is 0.909. The Morgan fingerprint density at radius 2 is 2.16 bits per heavy atom. The minimum Gasteiger partial charge on any atom is -0.493 e. The third kappa shape index (κ3) is 2.51. The molecule has 1 N–H and O–H groups in total. The number of hydrogen-bond acceptors (Lipinski definition) is 2. The van der Waals surface area contributed by atoms with Crippen molar-refractivity contribution < 1.29 is 4.74 Å². The van der Waals surface area contributed by atoms with E-state index in [0.717, 1.165) is 31.9 Å². The van der Waals surface area contributed by atoms with E-state index >= 15 is 0 Å². The monoisotopic (exact) mass is 256 g/mol. The van der Waals surface area contributed by atoms with Crippen LogP contribution in [-0.2, 0) is 13.1 Å². The van der Waals surface area contributed by atoms with Crippen LogP contribution in [-0.4, -0.2) is 11.2 Å². The van der Waals surface area contributed by atoms with Gasteiger partial charge in [0.15, 0.2) is 0 Å². The van der Waals surface area contributed by atoms with E-state index in [9.17, 15) is 0 Å². The summed E-state index contributed by atoms with van der Waals surface area (Å²) in [6, 6.07) is 13.0. The maximum atomic E-state index is 5.69. The molecule has 1 aliphatic rings. The molecule has 0 radical (unpaired) electrons. The summed E-state index contributed by atoms with van der Waals surface area (Å²) < 4.78 is 7.97. The van der Waals surface area contributed by atoms with Gasteiger partial charge in [0, 0.05) is 43.0 Å². The van der Waals surface area contributed by atoms with Gasteiger partial charge < -0.3 is 14.6 Å². The normalized spacial score (nSPS) is 17.8. The van der Waals surface area contributed by atoms with Crippen LogP contribution in [0.25, 0.3) is 0 Å². The number of hydrogen-bond donors (Lipinski definition) is 1. The molecule has 3 nitrogen and oxygen atoms in total. The van der Waals surface area contributed by atoms with Crippen molar-refractivity contribution in [1.29, 1.82) is 0 Å². The van der Waals surface area contributed by atoms with E-state index in [4.69, 9.17) is 4.74 Å². The molecular formula is C16H20N2O. The summed E-state index contributed by atoms with van der Waals surface area (Å²) in [4.78, 5) is 0. The zero-order valence-corrected chi connectivity index (χ0v) is 11.3. The van der Waals surface area contributed by atoms with E-state index in [-0.39, 0.29) is 0 Å². The fourth-order valence-electron chi connectivity index (χ4n) is 2.70. The molecule has 0 spiro atoms. The average Bonchev–Trinajstić information content (AvgIpc) is 2.92. The van der Waals surface area contributed by atoms with Crippen LogP contribution in [0.4, 0.5) is 0 Å². The highest BCUT2D eigenvalue weighted by molar-refractivity contribution is 5.37. The van der Waals surface area contributed by atoms with Gasteiger partial charge in [0.1, 0.15) is 5.75 Å². The van der Waals surface area contributed by atoms with Gasteiger partial charge in [-0.1, -0.05) is 18.2 Å². The van der Waals surface area contributed by atoms with E-state index in [2.05, 4.69) is 53.3 Å². The van der Waals surface area contributed by atoms with Crippen LogP contribution in [0.3, 0.4) is 0 Å². The standard InChI is InChI=1S/C16H20N2O/c1-2-18-10-5-6-13(18)12-17-15-9-11-19-16-8-4-3-7-14(15)16/h3-8,10,15,17H,2,9,11-12H2,1H3. The number of fused-ring (bicyclic) bond motifs is 1. The number of benzene rings is 1. The van der Waals surface area contributed by atoms with Crippen molar-refractivity contribution in [3.8, 4) is 5.75 Å². The predicted molar refractivity (Wildman–Crippen MR) is 76.2 cm³/mol. The molecule has 1 atom stereocenters. The van der Waals surface area contributed by atoms with Crippen molar-refractivity contribution in [2.45, 2.75) is 32.5 Å². The molecule has 2 aromatic rings. The molecule has 19 heavy (non-hydrogen) atoms. The molecule has 3 heteroatoms. The maximum Gasteiger partial charge on any atom is 0.124 e. The zero-order valence-electron chi connectivity index (χ0n) is 11.3. The summed E-state index contributed by atoms with van der Waals surface area (Å²) in [5.41, 5.74) is 2.62. The first-order valence-electron chi connectivity index (χ1n) is 6.97. The second kappa shape index (κ2) is 5.49. The summed E-state index contributed by atoms with van der Waals surface area (Å²) >= 11 is 0. The molecule has 0 amide bonds. The summed E-state index contributed by atoms with van der Waals surface area (Å²) in [6.45, 7) is 4.89. The Bertz CT molecular complexity index is 547. The largest absolute Gasteiger partial charge is 0.493 e. The minimum absolute atomic E-state index is 0.394. The molecule has 1 aromatic carbocycles. The molecule has 0 saturated heterocycles. The second-order valence-corrected chi connectivity index (χ2v) is 4.89. The molecule has 3 rings (SSSR count). The molecule has 1 unspecified atom stereocenters. The summed E-state index contributed by atoms with van der Waals surface area (Å²) in [5.74, 6) is 1.03. The number of ether oxygens (including phenoxy) is 1. The van der Waals surface area contributed by atoms with Crippen LogP contribution < -0.4 is 10.1 Å². The molecule has 1 aromatic heterocycles. The van der Waals surface area contributed by atoms with Crippen LogP contribution in [0.1, 0.15) is 30.6 Å². The van der Waals surface area contributed by atoms with Crippen LogP contribution in [0.15, 0.2) is 42.6 Å². The maximum absolute atomic E-state index is 5.69. The van der Waals surface area contributed by atoms with E-state index in [0.29, 0.717) is 6.04 Å². The fraction of sp³-hybridized carbons (Fsp3) is 0.375. The number of aromatic nitrogens is 1. The van der Waals surface area contributed by atoms with Gasteiger partial charge in [-0.05, 0) is 25.1 Å². The van der Waals surface area contributed by atoms with Gasteiger partial charge in [-0.2, -0.15) is 0 Å². The second-order valence-electron chi connectivity index (χ2n) is 4.89. The predicted octanol–water partition coefficient (Wildman–Crippen LogP) is 3.12. The fourth-order valence-corrected chi connectivity index (χ4v) is 2.70. The van der Waals surface area contributed by atoms with Gasteiger partial charge in [-0.3, -0.25) is 0 Å². The van der Waals surface area contributed by atoms with E-state index in [1.165, 1.54) is 11.3 Å². The van der Waals surface area contributed by atoms with Crippen LogP contribution in [0, 0.1) is 0 Å². The average molecular weight is 256 g/mol. The highest BCUT2D eigenvalue weighted by Crippen LogP contribution is 2.31. The van der Waals surface area contributed by atoms with Crippen LogP contribution >= 0.6 is 0 Å². The molecule has 0 saturated carbocycles. The molecule has 1 aliphatic heterocycles. The number of para-hydroxylation sites is 1. The minimum atomic E-state index is 0.394. The van der Waals surface area contributed by atoms with Crippen molar-refractivity contribution >= 4 is 0 Å². The van der Waals surface area contributed by atoms with Gasteiger partial charge in [0.2, 0.25) is 0 Å². The first-order chi connectivity index (χ1) is 9.38. The molecular weight excluding hydrogens is 236 g/mol. The van der Waals surface area contributed by atoms with E-state index < -0.39 is 0 Å². The van der Waals surface area contributed by atoms with E-state index in [1.54, 1.807) is 0 Å². The highest BCUT2D eigenvalue weighted by Gasteiger charge is 2.20. The summed E-state index contributed by atoms with van der Waals surface area (Å²) in [5, 5.41) is 3.65. The Kier molecular flexibility index (Phi) is 3.56. The van der Waals surface area contributed by atoms with E-state index in [1.807, 2.05) is 6.07 Å². The molecule has 100 valence electrons. The van der Waals surface area contributed by atoms with Gasteiger partial charge in [0.05, 0.1) is 6.61 Å². The lowest BCUT2D eigenvalue weighted by atomic mass is 10.0. The molecule has 0 aliphatic carbocycles. The van der Waals surface area contributed by atoms with Crippen molar-refractivity contribution in [3.05, 3.63) is 53.9 Å². The molecule has 2 heterocycles. The number of rotatable bonds is 4. The number of nitrogens with one attached hydrogen (secondary N) is 1. The Labute approximate surface area is 114 Å². The number of aryl methyl sites for hydroxylation is 1. The lowest BCUT2D eigenvalue weighted by Crippen LogP contribution is -2.27. The lowest BCUT2D eigenvalue weighted by Gasteiger charge is -2.27. The zero-order chi connectivity index (χ0) is 13.1. The highest BCUT2D eigenvalue weighted by atomic mass is 16.5.